The van der Waals surface area contributed by atoms with Gasteiger partial charge in [-0.1, -0.05) is 23.2 Å². The molecule has 11 heteroatoms. The van der Waals surface area contributed by atoms with E-state index in [0.29, 0.717) is 24.0 Å². The van der Waals surface area contributed by atoms with E-state index in [9.17, 15) is 9.59 Å². The second kappa shape index (κ2) is 12.3. The lowest BCUT2D eigenvalue weighted by molar-refractivity contribution is -0.126. The standard InChI is InChI=1S/C22H25Cl2N3O6/c1-6-32-15-9-8-14(24)21(33-7-2)20(15)27-26-18(12(3)28)22(29)25-19-16(30-4)10-13(23)11-17(19)31-5/h8-11,18H,6-7H2,1-5H3,(H,25,29). The molecule has 0 aliphatic rings. The number of carbonyl (C=O) groups is 2. The van der Waals surface area contributed by atoms with Gasteiger partial charge in [0.15, 0.2) is 23.0 Å². The van der Waals surface area contributed by atoms with Crippen LogP contribution in [0.5, 0.6) is 23.0 Å². The molecule has 0 spiro atoms. The van der Waals surface area contributed by atoms with E-state index >= 15 is 0 Å². The summed E-state index contributed by atoms with van der Waals surface area (Å²) in [5.74, 6) is -0.210. The summed E-state index contributed by atoms with van der Waals surface area (Å²) in [7, 11) is 2.82. The topological polar surface area (TPSA) is 108 Å². The molecule has 33 heavy (non-hydrogen) atoms. The normalized spacial score (nSPS) is 11.7. The average Bonchev–Trinajstić information content (AvgIpc) is 2.78. The fraction of sp³-hybridized carbons (Fsp3) is 0.364. The fourth-order valence-corrected chi connectivity index (χ4v) is 3.21. The molecule has 2 rings (SSSR count). The number of Topliss-reactive ketones (excluding diaryl/α,β-unsaturated/α-hetero) is 1. The van der Waals surface area contributed by atoms with Crippen molar-refractivity contribution in [2.24, 2.45) is 10.2 Å². The first-order valence-electron chi connectivity index (χ1n) is 9.99. The van der Waals surface area contributed by atoms with Crippen molar-refractivity contribution < 1.29 is 28.5 Å². The summed E-state index contributed by atoms with van der Waals surface area (Å²) in [4.78, 5) is 25.2. The van der Waals surface area contributed by atoms with Crippen LogP contribution in [-0.2, 0) is 9.59 Å². The van der Waals surface area contributed by atoms with Gasteiger partial charge in [0.25, 0.3) is 5.91 Å². The minimum absolute atomic E-state index is 0.173. The number of rotatable bonds is 11. The molecule has 0 radical (unpaired) electrons. The van der Waals surface area contributed by atoms with Gasteiger partial charge in [-0.05, 0) is 32.9 Å². The number of carbonyl (C=O) groups excluding carboxylic acids is 2. The maximum atomic E-state index is 13.0. The zero-order valence-electron chi connectivity index (χ0n) is 18.9. The van der Waals surface area contributed by atoms with Crippen LogP contribution in [0.4, 0.5) is 11.4 Å². The van der Waals surface area contributed by atoms with Crippen LogP contribution in [0.15, 0.2) is 34.5 Å². The van der Waals surface area contributed by atoms with Crippen molar-refractivity contribution in [3.63, 3.8) is 0 Å². The molecule has 1 N–H and O–H groups in total. The Morgan fingerprint density at radius 2 is 1.61 bits per heavy atom. The Labute approximate surface area is 202 Å². The summed E-state index contributed by atoms with van der Waals surface area (Å²) in [6.07, 6.45) is 0. The van der Waals surface area contributed by atoms with Crippen molar-refractivity contribution in [2.45, 2.75) is 26.8 Å². The maximum absolute atomic E-state index is 13.0. The van der Waals surface area contributed by atoms with Gasteiger partial charge >= 0.3 is 0 Å². The number of nitrogens with zero attached hydrogens (tertiary/aromatic N) is 2. The van der Waals surface area contributed by atoms with Gasteiger partial charge in [-0.25, -0.2) is 0 Å². The van der Waals surface area contributed by atoms with Gasteiger partial charge in [0, 0.05) is 17.2 Å². The number of hydrogen-bond acceptors (Lipinski definition) is 8. The van der Waals surface area contributed by atoms with E-state index in [0.717, 1.165) is 0 Å². The molecule has 0 aliphatic carbocycles. The van der Waals surface area contributed by atoms with E-state index in [2.05, 4.69) is 15.5 Å². The summed E-state index contributed by atoms with van der Waals surface area (Å²) in [6, 6.07) is 4.73. The first kappa shape index (κ1) is 26.2. The van der Waals surface area contributed by atoms with Crippen LogP contribution in [0.2, 0.25) is 10.0 Å². The molecule has 0 aromatic heterocycles. The summed E-state index contributed by atoms with van der Waals surface area (Å²) in [6.45, 7) is 5.47. The van der Waals surface area contributed by atoms with E-state index in [4.69, 9.17) is 42.1 Å². The number of hydrogen-bond donors (Lipinski definition) is 1. The zero-order valence-corrected chi connectivity index (χ0v) is 20.4. The average molecular weight is 498 g/mol. The van der Waals surface area contributed by atoms with Crippen molar-refractivity contribution >= 4 is 46.3 Å². The SMILES string of the molecule is CCOc1ccc(Cl)c(OCC)c1N=NC(C(C)=O)C(=O)Nc1c(OC)cc(Cl)cc1OC. The van der Waals surface area contributed by atoms with Crippen LogP contribution in [0.1, 0.15) is 20.8 Å². The maximum Gasteiger partial charge on any atom is 0.259 e. The lowest BCUT2D eigenvalue weighted by Gasteiger charge is -2.16. The third-order valence-electron chi connectivity index (χ3n) is 4.26. The number of nitrogens with one attached hydrogen (secondary N) is 1. The van der Waals surface area contributed by atoms with Crippen LogP contribution >= 0.6 is 23.2 Å². The molecule has 0 fully saturated rings. The van der Waals surface area contributed by atoms with E-state index < -0.39 is 17.7 Å². The Balaban J connectivity index is 2.45. The van der Waals surface area contributed by atoms with Crippen LogP contribution in [0.25, 0.3) is 0 Å². The molecule has 1 atom stereocenters. The van der Waals surface area contributed by atoms with Crippen molar-refractivity contribution in [3.05, 3.63) is 34.3 Å². The van der Waals surface area contributed by atoms with E-state index in [1.54, 1.807) is 26.0 Å². The van der Waals surface area contributed by atoms with Crippen LogP contribution in [0, 0.1) is 0 Å². The molecule has 0 saturated heterocycles. The number of amides is 1. The molecule has 178 valence electrons. The molecule has 2 aromatic rings. The molecular weight excluding hydrogens is 473 g/mol. The summed E-state index contributed by atoms with van der Waals surface area (Å²) < 4.78 is 21.7. The quantitative estimate of drug-likeness (QED) is 0.324. The second-order valence-corrected chi connectivity index (χ2v) is 7.34. The van der Waals surface area contributed by atoms with Gasteiger partial charge in [0.2, 0.25) is 6.04 Å². The molecule has 0 bridgehead atoms. The monoisotopic (exact) mass is 497 g/mol. The summed E-state index contributed by atoms with van der Waals surface area (Å²) in [5, 5.41) is 11.3. The minimum Gasteiger partial charge on any atom is -0.494 e. The summed E-state index contributed by atoms with van der Waals surface area (Å²) in [5.41, 5.74) is 0.371. The minimum atomic E-state index is -1.47. The number of azo groups is 1. The molecule has 2 aromatic carbocycles. The number of methoxy groups -OCH3 is 2. The third-order valence-corrected chi connectivity index (χ3v) is 4.78. The van der Waals surface area contributed by atoms with Gasteiger partial charge in [0.1, 0.15) is 17.2 Å². The van der Waals surface area contributed by atoms with Crippen molar-refractivity contribution in [3.8, 4) is 23.0 Å². The fourth-order valence-electron chi connectivity index (χ4n) is 2.81. The van der Waals surface area contributed by atoms with Crippen molar-refractivity contribution in [2.75, 3.05) is 32.8 Å². The number of ketones is 1. The zero-order chi connectivity index (χ0) is 24.5. The highest BCUT2D eigenvalue weighted by atomic mass is 35.5. The molecule has 1 unspecified atom stereocenters. The third kappa shape index (κ3) is 6.49. The predicted octanol–water partition coefficient (Wildman–Crippen LogP) is 5.49. The predicted molar refractivity (Wildman–Crippen MR) is 126 cm³/mol. The van der Waals surface area contributed by atoms with Crippen LogP contribution in [-0.4, -0.2) is 45.2 Å². The highest BCUT2D eigenvalue weighted by molar-refractivity contribution is 6.32. The molecule has 1 amide bonds. The van der Waals surface area contributed by atoms with Crippen LogP contribution in [0.3, 0.4) is 0 Å². The molecule has 0 heterocycles. The molecule has 0 aliphatic heterocycles. The number of benzene rings is 2. The van der Waals surface area contributed by atoms with Gasteiger partial charge in [-0.3, -0.25) is 9.59 Å². The second-order valence-electron chi connectivity index (χ2n) is 6.49. The Hall–Kier alpha value is -3.04. The summed E-state index contributed by atoms with van der Waals surface area (Å²) >= 11 is 12.3. The van der Waals surface area contributed by atoms with E-state index in [1.807, 2.05) is 0 Å². The number of anilines is 1. The Morgan fingerprint density at radius 1 is 1.00 bits per heavy atom. The van der Waals surface area contributed by atoms with Crippen LogP contribution < -0.4 is 24.3 Å². The first-order valence-corrected chi connectivity index (χ1v) is 10.7. The number of halogens is 2. The lowest BCUT2D eigenvalue weighted by atomic mass is 10.2. The van der Waals surface area contributed by atoms with Gasteiger partial charge in [-0.15, -0.1) is 5.11 Å². The highest BCUT2D eigenvalue weighted by Gasteiger charge is 2.26. The molecule has 0 saturated carbocycles. The van der Waals surface area contributed by atoms with Crippen molar-refractivity contribution in [1.29, 1.82) is 0 Å². The van der Waals surface area contributed by atoms with E-state index in [1.165, 1.54) is 33.3 Å². The lowest BCUT2D eigenvalue weighted by Crippen LogP contribution is -2.32. The molecular formula is C22H25Cl2N3O6. The largest absolute Gasteiger partial charge is 0.494 e. The Kier molecular flexibility index (Phi) is 9.74. The van der Waals surface area contributed by atoms with Gasteiger partial charge in [-0.2, -0.15) is 5.11 Å². The van der Waals surface area contributed by atoms with E-state index in [-0.39, 0.29) is 33.6 Å². The van der Waals surface area contributed by atoms with Crippen molar-refractivity contribution in [1.82, 2.24) is 0 Å². The Morgan fingerprint density at radius 3 is 2.12 bits per heavy atom. The number of ether oxygens (including phenoxy) is 4. The first-order chi connectivity index (χ1) is 15.8. The van der Waals surface area contributed by atoms with Gasteiger partial charge < -0.3 is 24.3 Å². The van der Waals surface area contributed by atoms with Gasteiger partial charge in [0.05, 0.1) is 32.5 Å². The highest BCUT2D eigenvalue weighted by Crippen LogP contribution is 2.43. The Bertz CT molecular complexity index is 1020. The molecule has 9 nitrogen and oxygen atoms in total. The smallest absolute Gasteiger partial charge is 0.259 e.